The van der Waals surface area contributed by atoms with Gasteiger partial charge in [0.25, 0.3) is 0 Å². The summed E-state index contributed by atoms with van der Waals surface area (Å²) in [5.41, 5.74) is 5.75. The van der Waals surface area contributed by atoms with Gasteiger partial charge in [-0.15, -0.1) is 6.58 Å². The summed E-state index contributed by atoms with van der Waals surface area (Å²) in [6.07, 6.45) is 1.45. The molecule has 0 rings (SSSR count). The van der Waals surface area contributed by atoms with Gasteiger partial charge in [-0.3, -0.25) is 0 Å². The van der Waals surface area contributed by atoms with Gasteiger partial charge in [0.15, 0.2) is 0 Å². The molecule has 0 aromatic rings. The van der Waals surface area contributed by atoms with Crippen molar-refractivity contribution in [1.82, 2.24) is 0 Å². The summed E-state index contributed by atoms with van der Waals surface area (Å²) in [6.45, 7) is 3.48. The van der Waals surface area contributed by atoms with Crippen LogP contribution in [0.2, 0.25) is 0 Å². The summed E-state index contributed by atoms with van der Waals surface area (Å²) < 4.78 is 0. The van der Waals surface area contributed by atoms with E-state index in [0.29, 0.717) is 0 Å². The van der Waals surface area contributed by atoms with E-state index in [1.807, 2.05) is 0 Å². The standard InChI is InChI=1S/C3H5NO.Fe.NO/c1-2-3-4-5;;1-2/h2H,1,3H2;;/q;;-1. The van der Waals surface area contributed by atoms with Crippen LogP contribution in [0.4, 0.5) is 0 Å². The van der Waals surface area contributed by atoms with Gasteiger partial charge in [0.05, 0.1) is 6.54 Å². The Morgan fingerprint density at radius 1 is 1.62 bits per heavy atom. The number of nitroso groups, excluding NO2 is 2. The first-order chi connectivity index (χ1) is 3.41. The van der Waals surface area contributed by atoms with Crippen LogP contribution in [0.25, 0.3) is 5.59 Å². The summed E-state index contributed by atoms with van der Waals surface area (Å²) in [6, 6.07) is 0. The van der Waals surface area contributed by atoms with E-state index in [9.17, 15) is 0 Å². The molecule has 0 atom stereocenters. The largest absolute Gasteiger partial charge is 0.577 e. The molecule has 0 radical (unpaired) electrons. The fourth-order valence-corrected chi connectivity index (χ4v) is 0.0527. The molecule has 0 heterocycles. The van der Waals surface area contributed by atoms with Crippen LogP contribution in [0, 0.1) is 9.81 Å². The first-order valence-corrected chi connectivity index (χ1v) is 1.50. The minimum absolute atomic E-state index is 0. The van der Waals surface area contributed by atoms with Gasteiger partial charge < -0.3 is 10.5 Å². The van der Waals surface area contributed by atoms with Gasteiger partial charge in [0.1, 0.15) is 0 Å². The Labute approximate surface area is 57.6 Å². The molecule has 0 fully saturated rings. The summed E-state index contributed by atoms with van der Waals surface area (Å²) in [4.78, 5) is 16.3. The minimum atomic E-state index is 0. The van der Waals surface area contributed by atoms with Gasteiger partial charge in [-0.1, -0.05) is 11.3 Å². The van der Waals surface area contributed by atoms with Crippen molar-refractivity contribution >= 4 is 0 Å². The van der Waals surface area contributed by atoms with Crippen LogP contribution in [0.15, 0.2) is 17.8 Å². The van der Waals surface area contributed by atoms with E-state index in [1.165, 1.54) is 6.08 Å². The van der Waals surface area contributed by atoms with Crippen LogP contribution in [-0.2, 0) is 17.1 Å². The Bertz CT molecular complexity index is 53.2. The van der Waals surface area contributed by atoms with Crippen molar-refractivity contribution in [3.63, 3.8) is 0 Å². The van der Waals surface area contributed by atoms with Crippen molar-refractivity contribution < 1.29 is 17.1 Å². The van der Waals surface area contributed by atoms with Gasteiger partial charge in [-0.25, -0.2) is 0 Å². The Balaban J connectivity index is -0.0000000750. The van der Waals surface area contributed by atoms with Gasteiger partial charge in [0.2, 0.25) is 0 Å². The SMILES string of the molecule is C=CCN=O.[Fe].[N-]=O. The molecule has 0 amide bonds. The fraction of sp³-hybridized carbons (Fsp3) is 0.333. The number of hydrogen-bond donors (Lipinski definition) is 0. The van der Waals surface area contributed by atoms with Crippen molar-refractivity contribution in [2.24, 2.45) is 5.18 Å². The zero-order chi connectivity index (χ0) is 6.12. The molecule has 8 heavy (non-hydrogen) atoms. The van der Waals surface area contributed by atoms with Crippen LogP contribution in [0.1, 0.15) is 0 Å². The topological polar surface area (TPSA) is 68.8 Å². The van der Waals surface area contributed by atoms with E-state index in [2.05, 4.69) is 11.8 Å². The first kappa shape index (κ1) is 15.7. The Hall–Kier alpha value is -0.541. The Morgan fingerprint density at radius 2 is 2.00 bits per heavy atom. The molecule has 0 aliphatic rings. The first-order valence-electron chi connectivity index (χ1n) is 1.50. The van der Waals surface area contributed by atoms with E-state index in [4.69, 9.17) is 15.4 Å². The monoisotopic (exact) mass is 157 g/mol. The van der Waals surface area contributed by atoms with Crippen LogP contribution >= 0.6 is 0 Å². The second-order valence-electron chi connectivity index (χ2n) is 0.600. The molecule has 0 aliphatic carbocycles. The quantitative estimate of drug-likeness (QED) is 0.343. The van der Waals surface area contributed by atoms with Crippen molar-refractivity contribution in [2.45, 2.75) is 0 Å². The molecule has 0 aliphatic heterocycles. The van der Waals surface area contributed by atoms with Crippen molar-refractivity contribution in [1.29, 1.82) is 0 Å². The normalized spacial score (nSPS) is 4.50. The van der Waals surface area contributed by atoms with E-state index >= 15 is 0 Å². The predicted octanol–water partition coefficient (Wildman–Crippen LogP) is 1.26. The van der Waals surface area contributed by atoms with Crippen LogP contribution in [0.5, 0.6) is 0 Å². The summed E-state index contributed by atoms with van der Waals surface area (Å²) in [7, 11) is 0. The zero-order valence-electron chi connectivity index (χ0n) is 4.06. The molecule has 0 unspecified atom stereocenters. The Morgan fingerprint density at radius 3 is 2.00 bits per heavy atom. The van der Waals surface area contributed by atoms with E-state index in [1.54, 1.807) is 0 Å². The number of nitrogens with zero attached hydrogens (tertiary/aromatic N) is 2. The molecule has 0 aromatic carbocycles. The summed E-state index contributed by atoms with van der Waals surface area (Å²) >= 11 is 0. The molecular formula is C3H5FeN2O2-. The summed E-state index contributed by atoms with van der Waals surface area (Å²) in [5, 5.41) is 2.49. The molecule has 0 bridgehead atoms. The maximum Gasteiger partial charge on any atom is 0.0989 e. The van der Waals surface area contributed by atoms with Crippen LogP contribution in [-0.4, -0.2) is 6.54 Å². The van der Waals surface area contributed by atoms with Crippen molar-refractivity contribution in [2.75, 3.05) is 6.54 Å². The molecule has 4 nitrogen and oxygen atoms in total. The molecule has 0 aromatic heterocycles. The third-order valence-corrected chi connectivity index (χ3v) is 0.204. The van der Waals surface area contributed by atoms with Gasteiger partial charge >= 0.3 is 0 Å². The number of rotatable bonds is 2. The predicted molar refractivity (Wildman–Crippen MR) is 27.6 cm³/mol. The molecule has 0 N–H and O–H groups in total. The second-order valence-corrected chi connectivity index (χ2v) is 0.600. The Kier molecular flexibility index (Phi) is 62.3. The minimum Gasteiger partial charge on any atom is -0.577 e. The number of hydrogen-bond acceptors (Lipinski definition) is 3. The maximum atomic E-state index is 9.08. The molecular weight excluding hydrogens is 152 g/mol. The average Bonchev–Trinajstić information content (AvgIpc) is 1.75. The summed E-state index contributed by atoms with van der Waals surface area (Å²) in [5.74, 6) is 0. The third-order valence-electron chi connectivity index (χ3n) is 0.204. The van der Waals surface area contributed by atoms with E-state index in [0.717, 1.165) is 0 Å². The van der Waals surface area contributed by atoms with Gasteiger partial charge in [0, 0.05) is 17.1 Å². The van der Waals surface area contributed by atoms with Crippen LogP contribution < -0.4 is 0 Å². The van der Waals surface area contributed by atoms with Gasteiger partial charge in [-0.05, 0) is 0 Å². The van der Waals surface area contributed by atoms with Crippen molar-refractivity contribution in [3.8, 4) is 0 Å². The smallest absolute Gasteiger partial charge is 0.0989 e. The molecule has 0 saturated carbocycles. The average molecular weight is 157 g/mol. The molecule has 5 heteroatoms. The fourth-order valence-electron chi connectivity index (χ4n) is 0.0527. The molecule has 0 saturated heterocycles. The molecule has 0 spiro atoms. The molecule has 48 valence electrons. The zero-order valence-corrected chi connectivity index (χ0v) is 5.16. The third kappa shape index (κ3) is 51.0. The second kappa shape index (κ2) is 31.8. The van der Waals surface area contributed by atoms with Crippen molar-refractivity contribution in [3.05, 3.63) is 28.1 Å². The van der Waals surface area contributed by atoms with E-state index < -0.39 is 0 Å². The maximum absolute atomic E-state index is 9.08. The van der Waals surface area contributed by atoms with E-state index in [-0.39, 0.29) is 23.6 Å². The van der Waals surface area contributed by atoms with Crippen LogP contribution in [0.3, 0.4) is 0 Å². The van der Waals surface area contributed by atoms with Gasteiger partial charge in [-0.2, -0.15) is 4.91 Å².